The van der Waals surface area contributed by atoms with E-state index in [1.165, 1.54) is 11.8 Å². The Morgan fingerprint density at radius 2 is 1.91 bits per heavy atom. The van der Waals surface area contributed by atoms with Crippen LogP contribution in [-0.2, 0) is 4.79 Å². The second-order valence-electron chi connectivity index (χ2n) is 4.34. The lowest BCUT2D eigenvalue weighted by Crippen LogP contribution is -2.14. The molecule has 0 saturated carbocycles. The molecule has 116 valence electrons. The highest BCUT2D eigenvalue weighted by atomic mass is 35.5. The van der Waals surface area contributed by atoms with Gasteiger partial charge in [-0.25, -0.2) is 0 Å². The molecule has 0 aliphatic heterocycles. The number of carbonyl (C=O) groups is 1. The molecule has 0 saturated heterocycles. The summed E-state index contributed by atoms with van der Waals surface area (Å²) in [5.74, 6) is 0.974. The number of nitrogens with one attached hydrogen (secondary N) is 1. The first-order valence-electron chi connectivity index (χ1n) is 6.69. The Morgan fingerprint density at radius 1 is 1.18 bits per heavy atom. The lowest BCUT2D eigenvalue weighted by molar-refractivity contribution is -0.113. The third kappa shape index (κ3) is 4.83. The first-order valence-corrected chi connectivity index (χ1v) is 8.44. The number of ether oxygens (including phenoxy) is 1. The van der Waals surface area contributed by atoms with E-state index in [4.69, 9.17) is 27.9 Å². The van der Waals surface area contributed by atoms with Crippen LogP contribution in [0, 0.1) is 0 Å². The molecule has 6 heteroatoms. The van der Waals surface area contributed by atoms with Gasteiger partial charge in [-0.05, 0) is 43.3 Å². The van der Waals surface area contributed by atoms with Crippen molar-refractivity contribution in [3.63, 3.8) is 0 Å². The minimum absolute atomic E-state index is 0.136. The van der Waals surface area contributed by atoms with E-state index in [-0.39, 0.29) is 11.7 Å². The van der Waals surface area contributed by atoms with Crippen molar-refractivity contribution in [2.45, 2.75) is 11.8 Å². The minimum Gasteiger partial charge on any atom is -0.494 e. The van der Waals surface area contributed by atoms with Crippen LogP contribution in [0.5, 0.6) is 5.75 Å². The van der Waals surface area contributed by atoms with Gasteiger partial charge in [-0.2, -0.15) is 0 Å². The number of hydrogen-bond acceptors (Lipinski definition) is 3. The molecule has 0 bridgehead atoms. The van der Waals surface area contributed by atoms with Crippen molar-refractivity contribution in [2.75, 3.05) is 17.7 Å². The Labute approximate surface area is 144 Å². The average Bonchev–Trinajstić information content (AvgIpc) is 2.51. The highest BCUT2D eigenvalue weighted by molar-refractivity contribution is 8.00. The van der Waals surface area contributed by atoms with E-state index in [1.807, 2.05) is 31.2 Å². The normalized spacial score (nSPS) is 10.3. The van der Waals surface area contributed by atoms with Crippen LogP contribution in [0.15, 0.2) is 47.4 Å². The Bertz CT molecular complexity index is 647. The second kappa shape index (κ2) is 8.32. The van der Waals surface area contributed by atoms with Crippen LogP contribution in [0.3, 0.4) is 0 Å². The molecule has 0 aliphatic rings. The maximum atomic E-state index is 12.0. The summed E-state index contributed by atoms with van der Waals surface area (Å²) >= 11 is 13.4. The van der Waals surface area contributed by atoms with Gasteiger partial charge >= 0.3 is 0 Å². The molecule has 2 rings (SSSR count). The second-order valence-corrected chi connectivity index (χ2v) is 6.18. The number of anilines is 1. The van der Waals surface area contributed by atoms with Crippen LogP contribution in [0.4, 0.5) is 5.69 Å². The summed E-state index contributed by atoms with van der Waals surface area (Å²) in [5, 5.41) is 3.52. The third-order valence-corrected chi connectivity index (χ3v) is 4.56. The smallest absolute Gasteiger partial charge is 0.234 e. The SMILES string of the molecule is CCOc1ccc(SCC(=O)Nc2cccc(Cl)c2Cl)cc1. The van der Waals surface area contributed by atoms with Crippen LogP contribution in [0.1, 0.15) is 6.92 Å². The number of hydrogen-bond donors (Lipinski definition) is 1. The van der Waals surface area contributed by atoms with Gasteiger partial charge in [-0.15, -0.1) is 11.8 Å². The monoisotopic (exact) mass is 355 g/mol. The zero-order valence-electron chi connectivity index (χ0n) is 11.9. The van der Waals surface area contributed by atoms with Crippen LogP contribution >= 0.6 is 35.0 Å². The minimum atomic E-state index is -0.136. The number of halogens is 2. The molecule has 0 atom stereocenters. The van der Waals surface area contributed by atoms with Crippen LogP contribution in [-0.4, -0.2) is 18.3 Å². The van der Waals surface area contributed by atoms with Crippen molar-refractivity contribution in [1.82, 2.24) is 0 Å². The molecule has 22 heavy (non-hydrogen) atoms. The average molecular weight is 356 g/mol. The molecule has 0 heterocycles. The number of benzene rings is 2. The lowest BCUT2D eigenvalue weighted by atomic mass is 10.3. The van der Waals surface area contributed by atoms with E-state index in [9.17, 15) is 4.79 Å². The fourth-order valence-electron chi connectivity index (χ4n) is 1.73. The molecule has 3 nitrogen and oxygen atoms in total. The zero-order valence-corrected chi connectivity index (χ0v) is 14.3. The number of thioether (sulfide) groups is 1. The summed E-state index contributed by atoms with van der Waals surface area (Å²) < 4.78 is 5.37. The number of rotatable bonds is 6. The van der Waals surface area contributed by atoms with Gasteiger partial charge in [0.1, 0.15) is 5.75 Å². The maximum absolute atomic E-state index is 12.0. The van der Waals surface area contributed by atoms with E-state index in [1.54, 1.807) is 18.2 Å². The van der Waals surface area contributed by atoms with E-state index < -0.39 is 0 Å². The van der Waals surface area contributed by atoms with Crippen molar-refractivity contribution >= 4 is 46.6 Å². The molecule has 0 fully saturated rings. The van der Waals surface area contributed by atoms with Gasteiger partial charge in [0.2, 0.25) is 5.91 Å². The van der Waals surface area contributed by atoms with Gasteiger partial charge in [0.05, 0.1) is 28.1 Å². The van der Waals surface area contributed by atoms with Gasteiger partial charge in [0, 0.05) is 4.90 Å². The van der Waals surface area contributed by atoms with Crippen molar-refractivity contribution in [2.24, 2.45) is 0 Å². The summed E-state index contributed by atoms with van der Waals surface area (Å²) in [5.41, 5.74) is 0.520. The topological polar surface area (TPSA) is 38.3 Å². The third-order valence-electron chi connectivity index (χ3n) is 2.73. The molecule has 0 aromatic heterocycles. The predicted molar refractivity (Wildman–Crippen MR) is 93.4 cm³/mol. The van der Waals surface area contributed by atoms with Gasteiger partial charge < -0.3 is 10.1 Å². The zero-order chi connectivity index (χ0) is 15.9. The standard InChI is InChI=1S/C16H15Cl2NO2S/c1-2-21-11-6-8-12(9-7-11)22-10-15(20)19-14-5-3-4-13(17)16(14)18/h3-9H,2,10H2,1H3,(H,19,20). The van der Waals surface area contributed by atoms with Gasteiger partial charge in [-0.3, -0.25) is 4.79 Å². The molecule has 1 amide bonds. The molecular weight excluding hydrogens is 341 g/mol. The fourth-order valence-corrected chi connectivity index (χ4v) is 2.78. The summed E-state index contributed by atoms with van der Waals surface area (Å²) in [6.07, 6.45) is 0. The highest BCUT2D eigenvalue weighted by Gasteiger charge is 2.08. The van der Waals surface area contributed by atoms with Gasteiger partial charge in [0.25, 0.3) is 0 Å². The van der Waals surface area contributed by atoms with E-state index in [0.717, 1.165) is 10.6 Å². The summed E-state index contributed by atoms with van der Waals surface area (Å²) in [6, 6.07) is 12.8. The van der Waals surface area contributed by atoms with E-state index >= 15 is 0 Å². The van der Waals surface area contributed by atoms with Crippen LogP contribution < -0.4 is 10.1 Å². The highest BCUT2D eigenvalue weighted by Crippen LogP contribution is 2.30. The fraction of sp³-hybridized carbons (Fsp3) is 0.188. The Hall–Kier alpha value is -1.36. The Balaban J connectivity index is 1.88. The Morgan fingerprint density at radius 3 is 2.59 bits per heavy atom. The maximum Gasteiger partial charge on any atom is 0.234 e. The van der Waals surface area contributed by atoms with Crippen molar-refractivity contribution in [1.29, 1.82) is 0 Å². The molecule has 2 aromatic carbocycles. The molecule has 0 spiro atoms. The molecule has 0 unspecified atom stereocenters. The number of amides is 1. The first-order chi connectivity index (χ1) is 10.6. The molecule has 0 aliphatic carbocycles. The summed E-state index contributed by atoms with van der Waals surface area (Å²) in [7, 11) is 0. The van der Waals surface area contributed by atoms with Gasteiger partial charge in [-0.1, -0.05) is 29.3 Å². The summed E-state index contributed by atoms with van der Waals surface area (Å²) in [6.45, 7) is 2.57. The first kappa shape index (κ1) is 17.0. The molecular formula is C16H15Cl2NO2S. The van der Waals surface area contributed by atoms with Crippen molar-refractivity contribution < 1.29 is 9.53 Å². The van der Waals surface area contributed by atoms with Crippen LogP contribution in [0.2, 0.25) is 10.0 Å². The van der Waals surface area contributed by atoms with Crippen molar-refractivity contribution in [3.8, 4) is 5.75 Å². The van der Waals surface area contributed by atoms with E-state index in [0.29, 0.717) is 22.3 Å². The van der Waals surface area contributed by atoms with Crippen LogP contribution in [0.25, 0.3) is 0 Å². The van der Waals surface area contributed by atoms with E-state index in [2.05, 4.69) is 5.32 Å². The quantitative estimate of drug-likeness (QED) is 0.730. The molecule has 1 N–H and O–H groups in total. The Kier molecular flexibility index (Phi) is 6.43. The van der Waals surface area contributed by atoms with Crippen molar-refractivity contribution in [3.05, 3.63) is 52.5 Å². The largest absolute Gasteiger partial charge is 0.494 e. The lowest BCUT2D eigenvalue weighted by Gasteiger charge is -2.08. The number of carbonyl (C=O) groups excluding carboxylic acids is 1. The molecule has 2 aromatic rings. The van der Waals surface area contributed by atoms with Gasteiger partial charge in [0.15, 0.2) is 0 Å². The molecule has 0 radical (unpaired) electrons. The summed E-state index contributed by atoms with van der Waals surface area (Å²) in [4.78, 5) is 13.0. The predicted octanol–water partition coefficient (Wildman–Crippen LogP) is 5.12.